The van der Waals surface area contributed by atoms with E-state index in [9.17, 15) is 14.3 Å². The zero-order valence-corrected chi connectivity index (χ0v) is 14.6. The summed E-state index contributed by atoms with van der Waals surface area (Å²) in [6.45, 7) is 4.31. The van der Waals surface area contributed by atoms with Crippen LogP contribution in [0.25, 0.3) is 0 Å². The van der Waals surface area contributed by atoms with Crippen molar-refractivity contribution >= 4 is 5.91 Å². The highest BCUT2D eigenvalue weighted by Gasteiger charge is 2.45. The van der Waals surface area contributed by atoms with E-state index in [1.807, 2.05) is 6.92 Å². The van der Waals surface area contributed by atoms with Gasteiger partial charge in [-0.2, -0.15) is 0 Å². The van der Waals surface area contributed by atoms with Crippen LogP contribution in [0.2, 0.25) is 0 Å². The average molecular weight is 351 g/mol. The van der Waals surface area contributed by atoms with Crippen molar-refractivity contribution in [1.82, 2.24) is 4.90 Å². The second-order valence-corrected chi connectivity index (χ2v) is 7.11. The summed E-state index contributed by atoms with van der Waals surface area (Å²) in [5.74, 6) is 0.0554. The second kappa shape index (κ2) is 7.70. The Balaban J connectivity index is 1.54. The first-order chi connectivity index (χ1) is 12.0. The Morgan fingerprint density at radius 3 is 2.88 bits per heavy atom. The average Bonchev–Trinajstić information content (AvgIpc) is 2.63. The van der Waals surface area contributed by atoms with Gasteiger partial charge in [-0.15, -0.1) is 0 Å². The van der Waals surface area contributed by atoms with Gasteiger partial charge in [-0.25, -0.2) is 4.39 Å². The lowest BCUT2D eigenvalue weighted by atomic mass is 9.70. The number of carbonyl (C=O) groups excluding carboxylic acids is 1. The molecule has 0 radical (unpaired) electrons. The molecule has 1 N–H and O–H groups in total. The van der Waals surface area contributed by atoms with Crippen LogP contribution in [0.3, 0.4) is 0 Å². The number of halogens is 1. The molecule has 1 aromatic rings. The van der Waals surface area contributed by atoms with Crippen LogP contribution in [0.5, 0.6) is 5.75 Å². The van der Waals surface area contributed by atoms with Gasteiger partial charge in [-0.05, 0) is 37.3 Å². The summed E-state index contributed by atoms with van der Waals surface area (Å²) >= 11 is 0. The third-order valence-electron chi connectivity index (χ3n) is 5.57. The molecule has 5 nitrogen and oxygen atoms in total. The van der Waals surface area contributed by atoms with Gasteiger partial charge in [-0.3, -0.25) is 4.79 Å². The SMILES string of the molecule is C[C@@H]1CN(C(=O)COc2cccc(F)c2)CC[C@@]1(O)C1CCOCC1. The van der Waals surface area contributed by atoms with Gasteiger partial charge in [0.25, 0.3) is 5.91 Å². The summed E-state index contributed by atoms with van der Waals surface area (Å²) in [7, 11) is 0. The molecular formula is C19H26FNO4. The summed E-state index contributed by atoms with van der Waals surface area (Å²) in [5, 5.41) is 11.1. The number of ether oxygens (including phenoxy) is 2. The van der Waals surface area contributed by atoms with E-state index in [1.54, 1.807) is 17.0 Å². The van der Waals surface area contributed by atoms with Crippen molar-refractivity contribution < 1.29 is 23.8 Å². The van der Waals surface area contributed by atoms with E-state index in [0.717, 1.165) is 12.8 Å². The van der Waals surface area contributed by atoms with Crippen molar-refractivity contribution in [1.29, 1.82) is 0 Å². The number of piperidine rings is 1. The molecule has 2 atom stereocenters. The standard InChI is InChI=1S/C19H26FNO4/c1-14-12-21(8-7-19(14,23)15-5-9-24-10-6-15)18(22)13-25-17-4-2-3-16(20)11-17/h2-4,11,14-15,23H,5-10,12-13H2,1H3/t14-,19+/m1/s1. The van der Waals surface area contributed by atoms with E-state index in [-0.39, 0.29) is 24.3 Å². The highest BCUT2D eigenvalue weighted by atomic mass is 19.1. The van der Waals surface area contributed by atoms with Crippen molar-refractivity contribution in [3.8, 4) is 5.75 Å². The first-order valence-electron chi connectivity index (χ1n) is 8.95. The van der Waals surface area contributed by atoms with Crippen LogP contribution in [0.1, 0.15) is 26.2 Å². The molecule has 2 aliphatic rings. The van der Waals surface area contributed by atoms with Crippen LogP contribution in [0.15, 0.2) is 24.3 Å². The van der Waals surface area contributed by atoms with Gasteiger partial charge in [0, 0.05) is 38.3 Å². The molecule has 0 aromatic heterocycles. The molecular weight excluding hydrogens is 325 g/mol. The van der Waals surface area contributed by atoms with Gasteiger partial charge in [0.05, 0.1) is 5.60 Å². The molecule has 2 fully saturated rings. The Labute approximate surface area is 147 Å². The highest BCUT2D eigenvalue weighted by Crippen LogP contribution is 2.39. The number of hydrogen-bond acceptors (Lipinski definition) is 4. The first-order valence-corrected chi connectivity index (χ1v) is 8.95. The minimum Gasteiger partial charge on any atom is -0.484 e. The van der Waals surface area contributed by atoms with Crippen molar-refractivity contribution in [2.24, 2.45) is 11.8 Å². The number of rotatable bonds is 4. The molecule has 0 unspecified atom stereocenters. The molecule has 2 heterocycles. The Kier molecular flexibility index (Phi) is 5.59. The van der Waals surface area contributed by atoms with Crippen LogP contribution in [-0.2, 0) is 9.53 Å². The van der Waals surface area contributed by atoms with E-state index in [1.165, 1.54) is 12.1 Å². The van der Waals surface area contributed by atoms with Gasteiger partial charge >= 0.3 is 0 Å². The molecule has 1 amide bonds. The molecule has 3 rings (SSSR count). The molecule has 2 aliphatic heterocycles. The number of benzene rings is 1. The number of likely N-dealkylation sites (tertiary alicyclic amines) is 1. The molecule has 0 spiro atoms. The molecule has 1 aromatic carbocycles. The van der Waals surface area contributed by atoms with E-state index in [0.29, 0.717) is 38.5 Å². The maximum atomic E-state index is 13.1. The molecule has 0 aliphatic carbocycles. The van der Waals surface area contributed by atoms with E-state index in [2.05, 4.69) is 0 Å². The molecule has 25 heavy (non-hydrogen) atoms. The van der Waals surface area contributed by atoms with Crippen LogP contribution in [0, 0.1) is 17.7 Å². The molecule has 0 bridgehead atoms. The van der Waals surface area contributed by atoms with Gasteiger partial charge in [0.1, 0.15) is 11.6 Å². The largest absolute Gasteiger partial charge is 0.484 e. The predicted octanol–water partition coefficient (Wildman–Crippen LogP) is 2.23. The molecule has 0 saturated carbocycles. The fourth-order valence-corrected chi connectivity index (χ4v) is 3.96. The zero-order chi connectivity index (χ0) is 17.9. The predicted molar refractivity (Wildman–Crippen MR) is 90.7 cm³/mol. The fourth-order valence-electron chi connectivity index (χ4n) is 3.96. The quantitative estimate of drug-likeness (QED) is 0.904. The maximum Gasteiger partial charge on any atom is 0.260 e. The van der Waals surface area contributed by atoms with E-state index < -0.39 is 11.4 Å². The summed E-state index contributed by atoms with van der Waals surface area (Å²) in [4.78, 5) is 14.1. The van der Waals surface area contributed by atoms with Crippen molar-refractivity contribution in [2.75, 3.05) is 32.9 Å². The number of amides is 1. The minimum atomic E-state index is -0.732. The van der Waals surface area contributed by atoms with Gasteiger partial charge < -0.3 is 19.5 Å². The molecule has 6 heteroatoms. The lowest BCUT2D eigenvalue weighted by Crippen LogP contribution is -2.57. The van der Waals surface area contributed by atoms with Crippen molar-refractivity contribution in [3.05, 3.63) is 30.1 Å². The fraction of sp³-hybridized carbons (Fsp3) is 0.632. The number of nitrogens with zero attached hydrogens (tertiary/aromatic N) is 1. The molecule has 138 valence electrons. The van der Waals surface area contributed by atoms with Gasteiger partial charge in [0.2, 0.25) is 0 Å². The van der Waals surface area contributed by atoms with Crippen LogP contribution in [-0.4, -0.2) is 54.4 Å². The Hall–Kier alpha value is -1.66. The minimum absolute atomic E-state index is 0.00229. The van der Waals surface area contributed by atoms with Crippen molar-refractivity contribution in [2.45, 2.75) is 31.8 Å². The summed E-state index contributed by atoms with van der Waals surface area (Å²) in [6.07, 6.45) is 2.32. The van der Waals surface area contributed by atoms with Crippen LogP contribution in [0.4, 0.5) is 4.39 Å². The molecule has 2 saturated heterocycles. The summed E-state index contributed by atoms with van der Waals surface area (Å²) in [6, 6.07) is 5.76. The zero-order valence-electron chi connectivity index (χ0n) is 14.6. The Morgan fingerprint density at radius 2 is 2.20 bits per heavy atom. The Morgan fingerprint density at radius 1 is 1.44 bits per heavy atom. The van der Waals surface area contributed by atoms with E-state index >= 15 is 0 Å². The topological polar surface area (TPSA) is 59.0 Å². The summed E-state index contributed by atoms with van der Waals surface area (Å²) < 4.78 is 23.9. The lowest BCUT2D eigenvalue weighted by Gasteiger charge is -2.48. The number of hydrogen-bond donors (Lipinski definition) is 1. The Bertz CT molecular complexity index is 605. The summed E-state index contributed by atoms with van der Waals surface area (Å²) in [5.41, 5.74) is -0.732. The normalized spacial score (nSPS) is 28.0. The third-order valence-corrected chi connectivity index (χ3v) is 5.57. The monoisotopic (exact) mass is 351 g/mol. The van der Waals surface area contributed by atoms with Crippen molar-refractivity contribution in [3.63, 3.8) is 0 Å². The number of carbonyl (C=O) groups is 1. The maximum absolute atomic E-state index is 13.1. The van der Waals surface area contributed by atoms with Gasteiger partial charge in [-0.1, -0.05) is 13.0 Å². The highest BCUT2D eigenvalue weighted by molar-refractivity contribution is 5.78. The third kappa shape index (κ3) is 4.12. The van der Waals surface area contributed by atoms with Crippen LogP contribution >= 0.6 is 0 Å². The first kappa shape index (κ1) is 18.1. The second-order valence-electron chi connectivity index (χ2n) is 7.11. The lowest BCUT2D eigenvalue weighted by molar-refractivity contribution is -0.152. The smallest absolute Gasteiger partial charge is 0.260 e. The van der Waals surface area contributed by atoms with Crippen LogP contribution < -0.4 is 4.74 Å². The van der Waals surface area contributed by atoms with E-state index in [4.69, 9.17) is 9.47 Å². The number of aliphatic hydroxyl groups is 1. The van der Waals surface area contributed by atoms with Gasteiger partial charge in [0.15, 0.2) is 6.61 Å².